The molecule has 0 saturated heterocycles. The first-order valence-corrected chi connectivity index (χ1v) is 9.90. The Kier molecular flexibility index (Phi) is 5.04. The molecular weight excluding hydrogens is 376 g/mol. The molecule has 0 fully saturated rings. The first-order chi connectivity index (χ1) is 14.4. The minimum absolute atomic E-state index is 0.0942. The highest BCUT2D eigenvalue weighted by atomic mass is 16.3. The fourth-order valence-electron chi connectivity index (χ4n) is 3.58. The molecule has 2 heterocycles. The van der Waals surface area contributed by atoms with Gasteiger partial charge in [-0.05, 0) is 73.7 Å². The van der Waals surface area contributed by atoms with Crippen molar-refractivity contribution < 1.29 is 14.0 Å². The van der Waals surface area contributed by atoms with Crippen LogP contribution in [0.5, 0.6) is 0 Å². The Morgan fingerprint density at radius 1 is 0.867 bits per heavy atom. The van der Waals surface area contributed by atoms with Gasteiger partial charge in [-0.3, -0.25) is 14.5 Å². The molecule has 4 rings (SSSR count). The summed E-state index contributed by atoms with van der Waals surface area (Å²) in [5.74, 6) is -0.123. The highest BCUT2D eigenvalue weighted by Gasteiger charge is 2.39. The van der Waals surface area contributed by atoms with Crippen LogP contribution in [0.3, 0.4) is 0 Å². The lowest BCUT2D eigenvalue weighted by atomic mass is 9.99. The van der Waals surface area contributed by atoms with Crippen LogP contribution in [0.25, 0.3) is 5.57 Å². The van der Waals surface area contributed by atoms with E-state index in [4.69, 9.17) is 4.42 Å². The van der Waals surface area contributed by atoms with Gasteiger partial charge in [-0.15, -0.1) is 0 Å². The monoisotopic (exact) mass is 400 g/mol. The number of carbonyl (C=O) groups excluding carboxylic acids is 2. The predicted octanol–water partition coefficient (Wildman–Crippen LogP) is 4.91. The maximum absolute atomic E-state index is 13.4. The van der Waals surface area contributed by atoms with E-state index < -0.39 is 0 Å². The van der Waals surface area contributed by atoms with Gasteiger partial charge in [-0.2, -0.15) is 0 Å². The van der Waals surface area contributed by atoms with Crippen molar-refractivity contribution >= 4 is 23.1 Å². The van der Waals surface area contributed by atoms with Gasteiger partial charge < -0.3 is 9.73 Å². The number of hydrogen-bond donors (Lipinski definition) is 1. The Bertz CT molecular complexity index is 1170. The summed E-state index contributed by atoms with van der Waals surface area (Å²) in [6.45, 7) is 8.13. The minimum Gasteiger partial charge on any atom is -0.467 e. The third-order valence-electron chi connectivity index (χ3n) is 5.72. The second kappa shape index (κ2) is 7.67. The van der Waals surface area contributed by atoms with Crippen molar-refractivity contribution in [2.45, 2.75) is 34.2 Å². The zero-order valence-corrected chi connectivity index (χ0v) is 17.6. The van der Waals surface area contributed by atoms with Crippen LogP contribution in [0.1, 0.15) is 33.6 Å². The molecule has 1 aliphatic heterocycles. The number of imide groups is 1. The van der Waals surface area contributed by atoms with Gasteiger partial charge in [-0.1, -0.05) is 30.3 Å². The van der Waals surface area contributed by atoms with E-state index in [1.54, 1.807) is 12.1 Å². The van der Waals surface area contributed by atoms with Crippen molar-refractivity contribution in [1.29, 1.82) is 0 Å². The Morgan fingerprint density at radius 2 is 1.67 bits per heavy atom. The smallest absolute Gasteiger partial charge is 0.278 e. The fraction of sp³-hybridized carbons (Fsp3) is 0.200. The predicted molar refractivity (Wildman–Crippen MR) is 117 cm³/mol. The van der Waals surface area contributed by atoms with Crippen LogP contribution in [-0.4, -0.2) is 16.7 Å². The second-order valence-corrected chi connectivity index (χ2v) is 7.70. The summed E-state index contributed by atoms with van der Waals surface area (Å²) < 4.78 is 5.37. The van der Waals surface area contributed by atoms with Crippen LogP contribution in [0.2, 0.25) is 0 Å². The van der Waals surface area contributed by atoms with Crippen molar-refractivity contribution in [1.82, 2.24) is 4.90 Å². The summed E-state index contributed by atoms with van der Waals surface area (Å²) in [5, 5.41) is 3.26. The van der Waals surface area contributed by atoms with Gasteiger partial charge in [0, 0.05) is 5.69 Å². The average molecular weight is 400 g/mol. The van der Waals surface area contributed by atoms with Crippen LogP contribution >= 0.6 is 0 Å². The molecule has 0 bridgehead atoms. The lowest BCUT2D eigenvalue weighted by Gasteiger charge is -2.15. The van der Waals surface area contributed by atoms with Crippen LogP contribution in [0.15, 0.2) is 64.9 Å². The molecule has 0 radical (unpaired) electrons. The molecule has 5 heteroatoms. The second-order valence-electron chi connectivity index (χ2n) is 7.70. The summed E-state index contributed by atoms with van der Waals surface area (Å²) >= 11 is 0. The Morgan fingerprint density at radius 3 is 2.37 bits per heavy atom. The molecule has 2 amide bonds. The molecule has 3 aromatic rings. The fourth-order valence-corrected chi connectivity index (χ4v) is 3.58. The van der Waals surface area contributed by atoms with E-state index in [1.165, 1.54) is 11.2 Å². The number of rotatable bonds is 5. The normalized spacial score (nSPS) is 14.1. The zero-order chi connectivity index (χ0) is 21.4. The molecular formula is C25H24N2O3. The van der Waals surface area contributed by atoms with Crippen molar-refractivity contribution in [2.24, 2.45) is 0 Å². The van der Waals surface area contributed by atoms with E-state index in [0.717, 1.165) is 33.5 Å². The molecule has 5 nitrogen and oxygen atoms in total. The summed E-state index contributed by atoms with van der Waals surface area (Å²) in [7, 11) is 0. The van der Waals surface area contributed by atoms with E-state index >= 15 is 0 Å². The third kappa shape index (κ3) is 3.43. The number of anilines is 1. The molecule has 0 aliphatic carbocycles. The Balaban J connectivity index is 1.81. The first-order valence-electron chi connectivity index (χ1n) is 9.90. The number of benzene rings is 2. The molecule has 0 unspecified atom stereocenters. The maximum atomic E-state index is 13.4. The van der Waals surface area contributed by atoms with E-state index in [1.807, 2.05) is 64.1 Å². The molecule has 30 heavy (non-hydrogen) atoms. The molecule has 1 N–H and O–H groups in total. The van der Waals surface area contributed by atoms with E-state index in [9.17, 15) is 9.59 Å². The molecule has 1 aliphatic rings. The quantitative estimate of drug-likeness (QED) is 0.619. The molecule has 0 spiro atoms. The van der Waals surface area contributed by atoms with E-state index in [-0.39, 0.29) is 18.4 Å². The number of amides is 2. The van der Waals surface area contributed by atoms with Crippen LogP contribution in [0.4, 0.5) is 5.69 Å². The number of nitrogens with zero attached hydrogens (tertiary/aromatic N) is 1. The van der Waals surface area contributed by atoms with Gasteiger partial charge in [-0.25, -0.2) is 0 Å². The standard InChI is InChI=1S/C25H24N2O3/c1-15-10-11-19(13-17(15)3)22-23(26-21-9-5-7-16(2)18(21)4)25(29)27(24(22)28)14-20-8-6-12-30-20/h5-13,26H,14H2,1-4H3. The highest BCUT2D eigenvalue weighted by Crippen LogP contribution is 2.33. The van der Waals surface area contributed by atoms with Gasteiger partial charge >= 0.3 is 0 Å². The van der Waals surface area contributed by atoms with Crippen molar-refractivity contribution in [2.75, 3.05) is 5.32 Å². The number of hydrogen-bond acceptors (Lipinski definition) is 4. The first kappa shape index (κ1) is 19.7. The molecule has 0 saturated carbocycles. The van der Waals surface area contributed by atoms with E-state index in [0.29, 0.717) is 17.0 Å². The summed E-state index contributed by atoms with van der Waals surface area (Å²) in [6.07, 6.45) is 1.54. The Hall–Kier alpha value is -3.60. The number of aryl methyl sites for hydroxylation is 3. The van der Waals surface area contributed by atoms with Crippen molar-refractivity contribution in [3.8, 4) is 0 Å². The van der Waals surface area contributed by atoms with E-state index in [2.05, 4.69) is 5.32 Å². The summed E-state index contributed by atoms with van der Waals surface area (Å²) in [5.41, 5.74) is 6.56. The van der Waals surface area contributed by atoms with Gasteiger partial charge in [0.15, 0.2) is 0 Å². The lowest BCUT2D eigenvalue weighted by Crippen LogP contribution is -2.31. The topological polar surface area (TPSA) is 62.6 Å². The molecule has 1 aromatic heterocycles. The van der Waals surface area contributed by atoms with Gasteiger partial charge in [0.05, 0.1) is 18.4 Å². The summed E-state index contributed by atoms with van der Waals surface area (Å²) in [6, 6.07) is 15.2. The summed E-state index contributed by atoms with van der Waals surface area (Å²) in [4.78, 5) is 27.9. The largest absolute Gasteiger partial charge is 0.467 e. The maximum Gasteiger partial charge on any atom is 0.278 e. The number of nitrogens with one attached hydrogen (secondary N) is 1. The van der Waals surface area contributed by atoms with Gasteiger partial charge in [0.25, 0.3) is 11.8 Å². The van der Waals surface area contributed by atoms with Crippen LogP contribution in [0, 0.1) is 27.7 Å². The SMILES string of the molecule is Cc1ccc(C2=C(Nc3cccc(C)c3C)C(=O)N(Cc3ccco3)C2=O)cc1C. The van der Waals surface area contributed by atoms with Crippen LogP contribution < -0.4 is 5.32 Å². The average Bonchev–Trinajstić information content (AvgIpc) is 3.31. The third-order valence-corrected chi connectivity index (χ3v) is 5.72. The zero-order valence-electron chi connectivity index (χ0n) is 17.6. The molecule has 0 atom stereocenters. The van der Waals surface area contributed by atoms with Crippen molar-refractivity contribution in [3.05, 3.63) is 94.1 Å². The molecule has 2 aromatic carbocycles. The van der Waals surface area contributed by atoms with Crippen molar-refractivity contribution in [3.63, 3.8) is 0 Å². The number of furan rings is 1. The molecule has 152 valence electrons. The minimum atomic E-state index is -0.356. The lowest BCUT2D eigenvalue weighted by molar-refractivity contribution is -0.137. The highest BCUT2D eigenvalue weighted by molar-refractivity contribution is 6.36. The van der Waals surface area contributed by atoms with Gasteiger partial charge in [0.1, 0.15) is 11.5 Å². The van der Waals surface area contributed by atoms with Gasteiger partial charge in [0.2, 0.25) is 0 Å². The Labute approximate surface area is 176 Å². The number of carbonyl (C=O) groups is 2. The van der Waals surface area contributed by atoms with Crippen LogP contribution in [-0.2, 0) is 16.1 Å².